The molecular formula is C20H19FN4O2. The van der Waals surface area contributed by atoms with Gasteiger partial charge in [0.2, 0.25) is 0 Å². The summed E-state index contributed by atoms with van der Waals surface area (Å²) in [5.74, 6) is 0.501. The second-order valence-electron chi connectivity index (χ2n) is 6.39. The first-order valence-electron chi connectivity index (χ1n) is 8.71. The van der Waals surface area contributed by atoms with E-state index in [4.69, 9.17) is 4.74 Å². The Morgan fingerprint density at radius 3 is 2.63 bits per heavy atom. The van der Waals surface area contributed by atoms with Gasteiger partial charge in [-0.1, -0.05) is 24.3 Å². The second-order valence-corrected chi connectivity index (χ2v) is 6.39. The van der Waals surface area contributed by atoms with Gasteiger partial charge in [0.1, 0.15) is 17.3 Å². The van der Waals surface area contributed by atoms with Gasteiger partial charge >= 0.3 is 6.03 Å². The predicted octanol–water partition coefficient (Wildman–Crippen LogP) is 4.75. The largest absolute Gasteiger partial charge is 0.496 e. The van der Waals surface area contributed by atoms with Crippen molar-refractivity contribution >= 4 is 17.4 Å². The number of para-hydroxylation sites is 2. The first kappa shape index (κ1) is 17.1. The van der Waals surface area contributed by atoms with Gasteiger partial charge in [0.05, 0.1) is 24.2 Å². The maximum atomic E-state index is 13.8. The molecule has 0 atom stereocenters. The molecule has 27 heavy (non-hydrogen) atoms. The zero-order chi connectivity index (χ0) is 18.8. The number of halogens is 1. The van der Waals surface area contributed by atoms with Crippen molar-refractivity contribution in [1.29, 1.82) is 0 Å². The van der Waals surface area contributed by atoms with E-state index in [0.717, 1.165) is 24.1 Å². The molecule has 2 amide bonds. The Balaban J connectivity index is 1.66. The molecular weight excluding hydrogens is 347 g/mol. The van der Waals surface area contributed by atoms with Crippen LogP contribution in [-0.4, -0.2) is 23.3 Å². The van der Waals surface area contributed by atoms with E-state index in [1.807, 2.05) is 24.3 Å². The molecule has 3 N–H and O–H groups in total. The van der Waals surface area contributed by atoms with Gasteiger partial charge < -0.3 is 15.4 Å². The van der Waals surface area contributed by atoms with E-state index in [1.54, 1.807) is 19.2 Å². The van der Waals surface area contributed by atoms with Gasteiger partial charge in [-0.05, 0) is 37.1 Å². The number of urea groups is 1. The third kappa shape index (κ3) is 3.48. The zero-order valence-electron chi connectivity index (χ0n) is 14.8. The third-order valence-electron chi connectivity index (χ3n) is 4.50. The zero-order valence-corrected chi connectivity index (χ0v) is 14.8. The number of amides is 2. The Bertz CT molecular complexity index is 982. The smallest absolute Gasteiger partial charge is 0.323 e. The summed E-state index contributed by atoms with van der Waals surface area (Å²) in [7, 11) is 1.59. The Hall–Kier alpha value is -3.35. The number of nitrogens with zero attached hydrogens (tertiary/aromatic N) is 1. The van der Waals surface area contributed by atoms with Crippen LogP contribution in [0.1, 0.15) is 24.5 Å². The number of rotatable bonds is 5. The molecule has 4 rings (SSSR count). The van der Waals surface area contributed by atoms with Crippen LogP contribution in [0.4, 0.5) is 20.6 Å². The van der Waals surface area contributed by atoms with Crippen molar-refractivity contribution in [1.82, 2.24) is 10.2 Å². The minimum Gasteiger partial charge on any atom is -0.496 e. The van der Waals surface area contributed by atoms with Crippen LogP contribution in [0.15, 0.2) is 48.5 Å². The van der Waals surface area contributed by atoms with Gasteiger partial charge in [0.25, 0.3) is 0 Å². The van der Waals surface area contributed by atoms with Crippen LogP contribution in [0.3, 0.4) is 0 Å². The molecule has 0 aliphatic heterocycles. The summed E-state index contributed by atoms with van der Waals surface area (Å²) in [5, 5.41) is 12.8. The first-order chi connectivity index (χ1) is 13.2. The fourth-order valence-electron chi connectivity index (χ4n) is 3.01. The lowest BCUT2D eigenvalue weighted by atomic mass is 10.1. The van der Waals surface area contributed by atoms with Crippen molar-refractivity contribution in [3.63, 3.8) is 0 Å². The van der Waals surface area contributed by atoms with Crippen LogP contribution in [-0.2, 0) is 0 Å². The van der Waals surface area contributed by atoms with Crippen molar-refractivity contribution < 1.29 is 13.9 Å². The number of nitrogens with one attached hydrogen (secondary N) is 3. The van der Waals surface area contributed by atoms with Gasteiger partial charge in [-0.15, -0.1) is 0 Å². The van der Waals surface area contributed by atoms with Crippen LogP contribution in [0, 0.1) is 5.82 Å². The van der Waals surface area contributed by atoms with Gasteiger partial charge in [-0.25, -0.2) is 9.18 Å². The van der Waals surface area contributed by atoms with Gasteiger partial charge in [-0.3, -0.25) is 5.10 Å². The number of aromatic amines is 1. The molecule has 2 aromatic carbocycles. The highest BCUT2D eigenvalue weighted by Gasteiger charge is 2.31. The first-order valence-corrected chi connectivity index (χ1v) is 8.71. The average Bonchev–Trinajstić information content (AvgIpc) is 3.44. The number of hydrogen-bond acceptors (Lipinski definition) is 3. The van der Waals surface area contributed by atoms with Gasteiger partial charge in [0.15, 0.2) is 0 Å². The Labute approximate surface area is 155 Å². The van der Waals surface area contributed by atoms with E-state index in [1.165, 1.54) is 12.1 Å². The summed E-state index contributed by atoms with van der Waals surface area (Å²) in [6, 6.07) is 13.0. The molecule has 1 aromatic heterocycles. The molecule has 0 radical (unpaired) electrons. The molecule has 1 saturated carbocycles. The van der Waals surface area contributed by atoms with Crippen molar-refractivity contribution in [3.05, 3.63) is 60.0 Å². The summed E-state index contributed by atoms with van der Waals surface area (Å²) in [6.07, 6.45) is 2.08. The Morgan fingerprint density at radius 1 is 1.15 bits per heavy atom. The van der Waals surface area contributed by atoms with Crippen molar-refractivity contribution in [2.75, 3.05) is 17.7 Å². The molecule has 1 heterocycles. The monoisotopic (exact) mass is 366 g/mol. The summed E-state index contributed by atoms with van der Waals surface area (Å²) in [4.78, 5) is 12.5. The minimum absolute atomic E-state index is 0.116. The summed E-state index contributed by atoms with van der Waals surface area (Å²) in [5.41, 5.74) is 2.95. The molecule has 0 spiro atoms. The molecule has 6 nitrogen and oxygen atoms in total. The number of H-pyrrole nitrogens is 1. The van der Waals surface area contributed by atoms with Crippen LogP contribution in [0.5, 0.6) is 5.75 Å². The molecule has 1 aliphatic rings. The van der Waals surface area contributed by atoms with Gasteiger partial charge in [0, 0.05) is 11.5 Å². The molecule has 0 bridgehead atoms. The fraction of sp³-hybridized carbons (Fsp3) is 0.200. The molecule has 1 aliphatic carbocycles. The third-order valence-corrected chi connectivity index (χ3v) is 4.50. The summed E-state index contributed by atoms with van der Waals surface area (Å²) >= 11 is 0. The summed E-state index contributed by atoms with van der Waals surface area (Å²) < 4.78 is 19.2. The quantitative estimate of drug-likeness (QED) is 0.610. The standard InChI is InChI=1S/C20H19FN4O2/c1-27-16-9-5-2-6-13(16)18-19(17(24-25-18)12-10-11-12)23-20(26)22-15-8-4-3-7-14(15)21/h2-9,12H,10-11H2,1H3,(H,24,25)(H2,22,23,26). The Kier molecular flexibility index (Phi) is 4.50. The fourth-order valence-corrected chi connectivity index (χ4v) is 3.01. The lowest BCUT2D eigenvalue weighted by Gasteiger charge is -2.12. The van der Waals surface area contributed by atoms with Gasteiger partial charge in [-0.2, -0.15) is 5.10 Å². The normalized spacial score (nSPS) is 13.3. The SMILES string of the molecule is COc1ccccc1-c1n[nH]c(C2CC2)c1NC(=O)Nc1ccccc1F. The highest BCUT2D eigenvalue weighted by molar-refractivity contribution is 6.03. The number of hydrogen-bond donors (Lipinski definition) is 3. The Morgan fingerprint density at radius 2 is 1.89 bits per heavy atom. The highest BCUT2D eigenvalue weighted by atomic mass is 19.1. The van der Waals surface area contributed by atoms with Crippen LogP contribution in [0.2, 0.25) is 0 Å². The van der Waals surface area contributed by atoms with Crippen LogP contribution < -0.4 is 15.4 Å². The van der Waals surface area contributed by atoms with E-state index in [2.05, 4.69) is 20.8 Å². The lowest BCUT2D eigenvalue weighted by molar-refractivity contribution is 0.262. The molecule has 138 valence electrons. The van der Waals surface area contributed by atoms with E-state index in [-0.39, 0.29) is 5.69 Å². The number of carbonyl (C=O) groups is 1. The number of anilines is 2. The van der Waals surface area contributed by atoms with Crippen molar-refractivity contribution in [2.24, 2.45) is 0 Å². The molecule has 0 saturated heterocycles. The molecule has 0 unspecified atom stereocenters. The highest BCUT2D eigenvalue weighted by Crippen LogP contribution is 2.46. The van der Waals surface area contributed by atoms with E-state index in [9.17, 15) is 9.18 Å². The summed E-state index contributed by atoms with van der Waals surface area (Å²) in [6.45, 7) is 0. The van der Waals surface area contributed by atoms with Crippen LogP contribution in [0.25, 0.3) is 11.3 Å². The maximum absolute atomic E-state index is 13.8. The molecule has 3 aromatic rings. The van der Waals surface area contributed by atoms with Crippen LogP contribution >= 0.6 is 0 Å². The lowest BCUT2D eigenvalue weighted by Crippen LogP contribution is -2.21. The number of ether oxygens (including phenoxy) is 1. The molecule has 7 heteroatoms. The number of benzene rings is 2. The number of methoxy groups -OCH3 is 1. The number of carbonyl (C=O) groups excluding carboxylic acids is 1. The number of aromatic nitrogens is 2. The maximum Gasteiger partial charge on any atom is 0.323 e. The second kappa shape index (κ2) is 7.11. The van der Waals surface area contributed by atoms with E-state index < -0.39 is 11.8 Å². The van der Waals surface area contributed by atoms with Crippen molar-refractivity contribution in [3.8, 4) is 17.0 Å². The predicted molar refractivity (Wildman–Crippen MR) is 102 cm³/mol. The molecule has 1 fully saturated rings. The topological polar surface area (TPSA) is 79.0 Å². The van der Waals surface area contributed by atoms with Crippen molar-refractivity contribution in [2.45, 2.75) is 18.8 Å². The minimum atomic E-state index is -0.528. The van der Waals surface area contributed by atoms with E-state index >= 15 is 0 Å². The van der Waals surface area contributed by atoms with E-state index in [0.29, 0.717) is 23.0 Å². The average molecular weight is 366 g/mol.